The molecular weight excluding hydrogens is 284 g/mol. The van der Waals surface area contributed by atoms with Gasteiger partial charge in [-0.3, -0.25) is 4.79 Å². The molecule has 2 aromatic rings. The van der Waals surface area contributed by atoms with E-state index in [1.165, 1.54) is 0 Å². The number of anilines is 1. The van der Waals surface area contributed by atoms with Gasteiger partial charge in [-0.1, -0.05) is 48.0 Å². The Hall–Kier alpha value is -1.84. The van der Waals surface area contributed by atoms with Crippen LogP contribution in [0, 0.1) is 13.8 Å². The summed E-state index contributed by atoms with van der Waals surface area (Å²) in [6, 6.07) is 13.6. The second-order valence-corrected chi connectivity index (χ2v) is 5.42. The Kier molecular flexibility index (Phi) is 5.37. The van der Waals surface area contributed by atoms with Gasteiger partial charge in [-0.2, -0.15) is 0 Å². The molecule has 0 aliphatic rings. The smallest absolute Gasteiger partial charge is 0.238 e. The lowest BCUT2D eigenvalue weighted by Crippen LogP contribution is -2.28. The lowest BCUT2D eigenvalue weighted by atomic mass is 10.1. The Bertz CT molecular complexity index is 620. The van der Waals surface area contributed by atoms with Gasteiger partial charge in [-0.05, 0) is 36.6 Å². The molecule has 0 aliphatic heterocycles. The van der Waals surface area contributed by atoms with Crippen molar-refractivity contribution in [1.29, 1.82) is 0 Å². The Morgan fingerprint density at radius 1 is 1.05 bits per heavy atom. The summed E-state index contributed by atoms with van der Waals surface area (Å²) in [4.78, 5) is 12.0. The molecule has 0 aliphatic carbocycles. The molecule has 0 saturated carbocycles. The monoisotopic (exact) mass is 302 g/mol. The van der Waals surface area contributed by atoms with Gasteiger partial charge in [0.05, 0.1) is 6.54 Å². The Morgan fingerprint density at radius 2 is 1.71 bits per heavy atom. The zero-order valence-corrected chi connectivity index (χ0v) is 13.0. The molecule has 0 spiro atoms. The van der Waals surface area contributed by atoms with Gasteiger partial charge in [0.1, 0.15) is 0 Å². The van der Waals surface area contributed by atoms with E-state index < -0.39 is 0 Å². The second kappa shape index (κ2) is 7.25. The lowest BCUT2D eigenvalue weighted by molar-refractivity contribution is -0.115. The van der Waals surface area contributed by atoms with E-state index in [9.17, 15) is 4.79 Å². The molecule has 4 heteroatoms. The molecule has 1 amide bonds. The highest BCUT2D eigenvalue weighted by atomic mass is 35.5. The highest BCUT2D eigenvalue weighted by molar-refractivity contribution is 6.31. The number of aryl methyl sites for hydroxylation is 2. The molecule has 0 fully saturated rings. The van der Waals surface area contributed by atoms with Crippen LogP contribution in [0.1, 0.15) is 16.7 Å². The van der Waals surface area contributed by atoms with E-state index >= 15 is 0 Å². The van der Waals surface area contributed by atoms with Crippen molar-refractivity contribution < 1.29 is 4.79 Å². The van der Waals surface area contributed by atoms with Crippen LogP contribution in [0.2, 0.25) is 5.02 Å². The number of para-hydroxylation sites is 1. The summed E-state index contributed by atoms with van der Waals surface area (Å²) in [6.07, 6.45) is 0. The van der Waals surface area contributed by atoms with Crippen molar-refractivity contribution in [1.82, 2.24) is 5.32 Å². The third-order valence-corrected chi connectivity index (χ3v) is 3.67. The molecule has 3 nitrogen and oxygen atoms in total. The Balaban J connectivity index is 1.87. The average molecular weight is 303 g/mol. The van der Waals surface area contributed by atoms with Gasteiger partial charge in [0.25, 0.3) is 0 Å². The fraction of sp³-hybridized carbons (Fsp3) is 0.235. The van der Waals surface area contributed by atoms with Gasteiger partial charge in [0.2, 0.25) is 5.91 Å². The van der Waals surface area contributed by atoms with Crippen LogP contribution in [-0.2, 0) is 11.3 Å². The van der Waals surface area contributed by atoms with Crippen molar-refractivity contribution in [3.8, 4) is 0 Å². The first kappa shape index (κ1) is 15.5. The minimum Gasteiger partial charge on any atom is -0.324 e. The first-order valence-corrected chi connectivity index (χ1v) is 7.26. The number of amides is 1. The summed E-state index contributed by atoms with van der Waals surface area (Å²) in [6.45, 7) is 4.79. The normalized spacial score (nSPS) is 10.4. The van der Waals surface area contributed by atoms with Crippen LogP contribution in [-0.4, -0.2) is 12.5 Å². The summed E-state index contributed by atoms with van der Waals surface area (Å²) in [5.41, 5.74) is 4.00. The molecule has 110 valence electrons. The third-order valence-electron chi connectivity index (χ3n) is 3.30. The van der Waals surface area contributed by atoms with E-state index in [0.717, 1.165) is 22.4 Å². The zero-order chi connectivity index (χ0) is 15.2. The fourth-order valence-corrected chi connectivity index (χ4v) is 2.35. The zero-order valence-electron chi connectivity index (χ0n) is 12.2. The maximum Gasteiger partial charge on any atom is 0.238 e. The molecule has 2 rings (SSSR count). The van der Waals surface area contributed by atoms with Gasteiger partial charge >= 0.3 is 0 Å². The van der Waals surface area contributed by atoms with Gasteiger partial charge < -0.3 is 10.6 Å². The highest BCUT2D eigenvalue weighted by Gasteiger charge is 2.07. The number of benzene rings is 2. The number of hydrogen-bond donors (Lipinski definition) is 2. The van der Waals surface area contributed by atoms with Crippen molar-refractivity contribution in [2.75, 3.05) is 11.9 Å². The molecule has 0 unspecified atom stereocenters. The van der Waals surface area contributed by atoms with Gasteiger partial charge in [0.15, 0.2) is 0 Å². The molecule has 2 N–H and O–H groups in total. The largest absolute Gasteiger partial charge is 0.324 e. The van der Waals surface area contributed by atoms with E-state index in [4.69, 9.17) is 11.6 Å². The quantitative estimate of drug-likeness (QED) is 0.884. The van der Waals surface area contributed by atoms with E-state index in [1.54, 1.807) is 0 Å². The van der Waals surface area contributed by atoms with Crippen LogP contribution in [0.4, 0.5) is 5.69 Å². The molecule has 0 saturated heterocycles. The molecule has 2 aromatic carbocycles. The van der Waals surface area contributed by atoms with Crippen molar-refractivity contribution in [3.63, 3.8) is 0 Å². The van der Waals surface area contributed by atoms with E-state index in [0.29, 0.717) is 11.6 Å². The van der Waals surface area contributed by atoms with Crippen LogP contribution in [0.25, 0.3) is 0 Å². The van der Waals surface area contributed by atoms with Crippen LogP contribution >= 0.6 is 11.6 Å². The third kappa shape index (κ3) is 4.31. The minimum absolute atomic E-state index is 0.0561. The van der Waals surface area contributed by atoms with Gasteiger partial charge in [-0.25, -0.2) is 0 Å². The standard InChI is InChI=1S/C17H19ClN2O/c1-12-6-5-7-13(2)17(12)20-16(21)11-19-10-14-8-3-4-9-15(14)18/h3-9,19H,10-11H2,1-2H3,(H,20,21). The fourth-order valence-electron chi connectivity index (χ4n) is 2.15. The molecule has 0 radical (unpaired) electrons. The highest BCUT2D eigenvalue weighted by Crippen LogP contribution is 2.19. The van der Waals surface area contributed by atoms with Crippen LogP contribution in [0.5, 0.6) is 0 Å². The van der Waals surface area contributed by atoms with Gasteiger partial charge in [0, 0.05) is 17.3 Å². The molecule has 0 atom stereocenters. The summed E-state index contributed by atoms with van der Waals surface area (Å²) < 4.78 is 0. The minimum atomic E-state index is -0.0561. The molecule has 21 heavy (non-hydrogen) atoms. The molecular formula is C17H19ClN2O. The lowest BCUT2D eigenvalue weighted by Gasteiger charge is -2.12. The number of carbonyl (C=O) groups excluding carboxylic acids is 1. The number of halogens is 1. The number of rotatable bonds is 5. The maximum atomic E-state index is 12.0. The van der Waals surface area contributed by atoms with Crippen LogP contribution < -0.4 is 10.6 Å². The van der Waals surface area contributed by atoms with Crippen LogP contribution in [0.15, 0.2) is 42.5 Å². The summed E-state index contributed by atoms with van der Waals surface area (Å²) in [5.74, 6) is -0.0561. The van der Waals surface area contributed by atoms with Crippen molar-refractivity contribution in [3.05, 3.63) is 64.2 Å². The number of carbonyl (C=O) groups is 1. The average Bonchev–Trinajstić information content (AvgIpc) is 2.45. The first-order chi connectivity index (χ1) is 10.1. The molecule has 0 bridgehead atoms. The van der Waals surface area contributed by atoms with Crippen molar-refractivity contribution >= 4 is 23.2 Å². The van der Waals surface area contributed by atoms with E-state index in [2.05, 4.69) is 10.6 Å². The summed E-state index contributed by atoms with van der Waals surface area (Å²) >= 11 is 6.07. The molecule has 0 heterocycles. The van der Waals surface area contributed by atoms with E-state index in [1.807, 2.05) is 56.3 Å². The predicted molar refractivity (Wildman–Crippen MR) is 87.7 cm³/mol. The SMILES string of the molecule is Cc1cccc(C)c1NC(=O)CNCc1ccccc1Cl. The second-order valence-electron chi connectivity index (χ2n) is 5.01. The Morgan fingerprint density at radius 3 is 2.38 bits per heavy atom. The predicted octanol–water partition coefficient (Wildman–Crippen LogP) is 3.69. The Labute approximate surface area is 130 Å². The molecule has 0 aromatic heterocycles. The topological polar surface area (TPSA) is 41.1 Å². The summed E-state index contributed by atoms with van der Waals surface area (Å²) in [5, 5.41) is 6.76. The van der Waals surface area contributed by atoms with Gasteiger partial charge in [-0.15, -0.1) is 0 Å². The van der Waals surface area contributed by atoms with Crippen LogP contribution in [0.3, 0.4) is 0 Å². The maximum absolute atomic E-state index is 12.0. The summed E-state index contributed by atoms with van der Waals surface area (Å²) in [7, 11) is 0. The van der Waals surface area contributed by atoms with Crippen molar-refractivity contribution in [2.24, 2.45) is 0 Å². The first-order valence-electron chi connectivity index (χ1n) is 6.88. The number of hydrogen-bond acceptors (Lipinski definition) is 2. The number of nitrogens with one attached hydrogen (secondary N) is 2. The van der Waals surface area contributed by atoms with E-state index in [-0.39, 0.29) is 12.5 Å². The van der Waals surface area contributed by atoms with Crippen molar-refractivity contribution in [2.45, 2.75) is 20.4 Å².